The summed E-state index contributed by atoms with van der Waals surface area (Å²) < 4.78 is 1.67. The van der Waals surface area contributed by atoms with Gasteiger partial charge in [-0.25, -0.2) is 0 Å². The van der Waals surface area contributed by atoms with Crippen molar-refractivity contribution in [3.05, 3.63) is 64.6 Å². The Bertz CT molecular complexity index is 654. The molecule has 0 aliphatic carbocycles. The van der Waals surface area contributed by atoms with Gasteiger partial charge in [-0.15, -0.1) is 0 Å². The van der Waals surface area contributed by atoms with Crippen LogP contribution in [0.3, 0.4) is 0 Å². The van der Waals surface area contributed by atoms with Crippen molar-refractivity contribution >= 4 is 11.8 Å². The Morgan fingerprint density at radius 3 is 2.63 bits per heavy atom. The molecule has 0 radical (unpaired) electrons. The molecule has 2 rings (SSSR count). The fourth-order valence-corrected chi connectivity index (χ4v) is 1.92. The van der Waals surface area contributed by atoms with Crippen LogP contribution in [0.15, 0.2) is 53.5 Å². The average molecular weight is 254 g/mol. The van der Waals surface area contributed by atoms with Crippen molar-refractivity contribution < 1.29 is 0 Å². The normalized spacial score (nSPS) is 10.9. The van der Waals surface area contributed by atoms with Crippen molar-refractivity contribution in [3.8, 4) is 5.69 Å². The number of hydrogen-bond acceptors (Lipinski definition) is 2. The van der Waals surface area contributed by atoms with Crippen LogP contribution >= 0.6 is 0 Å². The van der Waals surface area contributed by atoms with Crippen LogP contribution in [0.2, 0.25) is 0 Å². The summed E-state index contributed by atoms with van der Waals surface area (Å²) in [5.41, 5.74) is 2.94. The van der Waals surface area contributed by atoms with Gasteiger partial charge in [0.25, 0.3) is 5.56 Å². The molecular weight excluding hydrogens is 236 g/mol. The van der Waals surface area contributed by atoms with Gasteiger partial charge in [-0.05, 0) is 36.8 Å². The first-order valence-electron chi connectivity index (χ1n) is 6.25. The summed E-state index contributed by atoms with van der Waals surface area (Å²) in [4.78, 5) is 14.0. The monoisotopic (exact) mass is 254 g/mol. The Morgan fingerprint density at radius 2 is 1.95 bits per heavy atom. The second-order valence-corrected chi connectivity index (χ2v) is 4.58. The molecule has 0 saturated carbocycles. The van der Waals surface area contributed by atoms with E-state index in [0.29, 0.717) is 0 Å². The predicted molar refractivity (Wildman–Crippen MR) is 81.1 cm³/mol. The summed E-state index contributed by atoms with van der Waals surface area (Å²) in [7, 11) is 3.97. The lowest BCUT2D eigenvalue weighted by Gasteiger charge is -2.14. The van der Waals surface area contributed by atoms with Gasteiger partial charge in [0.15, 0.2) is 0 Å². The maximum absolute atomic E-state index is 12.0. The molecule has 0 bridgehead atoms. The minimum atomic E-state index is -0.0239. The highest BCUT2D eigenvalue weighted by molar-refractivity contribution is 5.54. The number of benzene rings is 1. The third-order valence-corrected chi connectivity index (χ3v) is 2.92. The number of allylic oxidation sites excluding steroid dienone is 1. The first-order valence-corrected chi connectivity index (χ1v) is 6.25. The van der Waals surface area contributed by atoms with Gasteiger partial charge in [0.2, 0.25) is 0 Å². The lowest BCUT2D eigenvalue weighted by Crippen LogP contribution is -2.17. The molecule has 19 heavy (non-hydrogen) atoms. The molecular formula is C16H18N2O. The molecule has 0 saturated heterocycles. The molecule has 0 atom stereocenters. The van der Waals surface area contributed by atoms with E-state index < -0.39 is 0 Å². The second kappa shape index (κ2) is 5.57. The molecule has 1 aromatic heterocycles. The third-order valence-electron chi connectivity index (χ3n) is 2.92. The molecule has 0 spiro atoms. The highest BCUT2D eigenvalue weighted by atomic mass is 16.1. The lowest BCUT2D eigenvalue weighted by molar-refractivity contribution is 0.983. The Labute approximate surface area is 113 Å². The van der Waals surface area contributed by atoms with Crippen molar-refractivity contribution in [2.24, 2.45) is 0 Å². The maximum atomic E-state index is 12.0. The van der Waals surface area contributed by atoms with E-state index >= 15 is 0 Å². The summed E-state index contributed by atoms with van der Waals surface area (Å²) in [5, 5.41) is 0. The Balaban J connectivity index is 2.54. The van der Waals surface area contributed by atoms with E-state index in [9.17, 15) is 4.79 Å². The minimum Gasteiger partial charge on any atom is -0.378 e. The Kier molecular flexibility index (Phi) is 3.85. The molecule has 0 unspecified atom stereocenters. The smallest absolute Gasteiger partial charge is 0.255 e. The highest BCUT2D eigenvalue weighted by Crippen LogP contribution is 2.16. The van der Waals surface area contributed by atoms with Crippen LogP contribution in [0.4, 0.5) is 5.69 Å². The van der Waals surface area contributed by atoms with Gasteiger partial charge in [-0.1, -0.05) is 18.2 Å². The number of anilines is 1. The SMILES string of the molecule is C/C=C/c1ccc(=O)n(-c2cccc(N(C)C)c2)c1. The first kappa shape index (κ1) is 13.1. The largest absolute Gasteiger partial charge is 0.378 e. The van der Waals surface area contributed by atoms with Crippen molar-refractivity contribution in [1.82, 2.24) is 4.57 Å². The molecule has 0 amide bonds. The van der Waals surface area contributed by atoms with Crippen molar-refractivity contribution in [2.45, 2.75) is 6.92 Å². The first-order chi connectivity index (χ1) is 9.11. The van der Waals surface area contributed by atoms with Crippen LogP contribution < -0.4 is 10.5 Å². The number of rotatable bonds is 3. The van der Waals surface area contributed by atoms with Gasteiger partial charge in [0.05, 0.1) is 5.69 Å². The van der Waals surface area contributed by atoms with Gasteiger partial charge in [-0.2, -0.15) is 0 Å². The molecule has 3 nitrogen and oxygen atoms in total. The van der Waals surface area contributed by atoms with E-state index in [1.54, 1.807) is 10.6 Å². The lowest BCUT2D eigenvalue weighted by atomic mass is 10.2. The highest BCUT2D eigenvalue weighted by Gasteiger charge is 2.02. The van der Waals surface area contributed by atoms with Crippen LogP contribution in [-0.4, -0.2) is 18.7 Å². The number of nitrogens with zero attached hydrogens (tertiary/aromatic N) is 2. The van der Waals surface area contributed by atoms with E-state index in [1.807, 2.05) is 74.6 Å². The van der Waals surface area contributed by atoms with Gasteiger partial charge >= 0.3 is 0 Å². The van der Waals surface area contributed by atoms with Gasteiger partial charge in [0.1, 0.15) is 0 Å². The molecule has 0 fully saturated rings. The topological polar surface area (TPSA) is 25.2 Å². The summed E-state index contributed by atoms with van der Waals surface area (Å²) in [5.74, 6) is 0. The molecule has 3 heteroatoms. The Morgan fingerprint density at radius 1 is 1.16 bits per heavy atom. The number of hydrogen-bond donors (Lipinski definition) is 0. The fourth-order valence-electron chi connectivity index (χ4n) is 1.92. The predicted octanol–water partition coefficient (Wildman–Crippen LogP) is 2.94. The van der Waals surface area contributed by atoms with Gasteiger partial charge in [-0.3, -0.25) is 9.36 Å². The Hall–Kier alpha value is -2.29. The summed E-state index contributed by atoms with van der Waals surface area (Å²) in [6.45, 7) is 1.96. The standard InChI is InChI=1S/C16H18N2O/c1-4-6-13-9-10-16(19)18(12-13)15-8-5-7-14(11-15)17(2)3/h4-12H,1-3H3/b6-4+. The van der Waals surface area contributed by atoms with E-state index in [-0.39, 0.29) is 5.56 Å². The zero-order chi connectivity index (χ0) is 13.8. The fraction of sp³-hybridized carbons (Fsp3) is 0.188. The molecule has 98 valence electrons. The molecule has 1 aromatic carbocycles. The van der Waals surface area contributed by atoms with Gasteiger partial charge in [0, 0.05) is 32.0 Å². The van der Waals surface area contributed by atoms with E-state index in [0.717, 1.165) is 16.9 Å². The zero-order valence-electron chi connectivity index (χ0n) is 11.5. The summed E-state index contributed by atoms with van der Waals surface area (Å²) in [6, 6.07) is 11.3. The molecule has 0 aliphatic heterocycles. The van der Waals surface area contributed by atoms with Crippen molar-refractivity contribution in [1.29, 1.82) is 0 Å². The van der Waals surface area contributed by atoms with E-state index in [1.165, 1.54) is 0 Å². The minimum absolute atomic E-state index is 0.0239. The quantitative estimate of drug-likeness (QED) is 0.841. The van der Waals surface area contributed by atoms with Crippen molar-refractivity contribution in [3.63, 3.8) is 0 Å². The molecule has 2 aromatic rings. The second-order valence-electron chi connectivity index (χ2n) is 4.58. The van der Waals surface area contributed by atoms with E-state index in [2.05, 4.69) is 0 Å². The average Bonchev–Trinajstić information content (AvgIpc) is 2.41. The number of aromatic nitrogens is 1. The summed E-state index contributed by atoms with van der Waals surface area (Å²) in [6.07, 6.45) is 5.79. The number of pyridine rings is 1. The molecule has 1 heterocycles. The van der Waals surface area contributed by atoms with Gasteiger partial charge < -0.3 is 4.90 Å². The third kappa shape index (κ3) is 2.94. The van der Waals surface area contributed by atoms with Crippen LogP contribution in [0.5, 0.6) is 0 Å². The van der Waals surface area contributed by atoms with Crippen LogP contribution in [0, 0.1) is 0 Å². The van der Waals surface area contributed by atoms with E-state index in [4.69, 9.17) is 0 Å². The molecule has 0 N–H and O–H groups in total. The van der Waals surface area contributed by atoms with Crippen LogP contribution in [-0.2, 0) is 0 Å². The van der Waals surface area contributed by atoms with Crippen LogP contribution in [0.1, 0.15) is 12.5 Å². The molecule has 0 aliphatic rings. The van der Waals surface area contributed by atoms with Crippen molar-refractivity contribution in [2.75, 3.05) is 19.0 Å². The maximum Gasteiger partial charge on any atom is 0.255 e. The van der Waals surface area contributed by atoms with Crippen LogP contribution in [0.25, 0.3) is 11.8 Å². The zero-order valence-corrected chi connectivity index (χ0v) is 11.5. The summed E-state index contributed by atoms with van der Waals surface area (Å²) >= 11 is 0.